The fourth-order valence-electron chi connectivity index (χ4n) is 1.12. The zero-order chi connectivity index (χ0) is 8.85. The van der Waals surface area contributed by atoms with E-state index >= 15 is 0 Å². The molecule has 0 aromatic rings. The van der Waals surface area contributed by atoms with Crippen molar-refractivity contribution >= 4 is 6.47 Å². The van der Waals surface area contributed by atoms with Crippen LogP contribution in [-0.4, -0.2) is 24.3 Å². The van der Waals surface area contributed by atoms with E-state index in [1.54, 1.807) is 0 Å². The van der Waals surface area contributed by atoms with E-state index in [1.165, 1.54) is 0 Å². The third-order valence-corrected chi connectivity index (χ3v) is 1.72. The number of carbonyl (C=O) groups excluding carboxylic acids is 1. The molecule has 2 unspecified atom stereocenters. The van der Waals surface area contributed by atoms with Crippen molar-refractivity contribution in [3.63, 3.8) is 0 Å². The molecule has 66 valence electrons. The molecular formula is C8H16O3. The fourth-order valence-corrected chi connectivity index (χ4v) is 1.12. The summed E-state index contributed by atoms with van der Waals surface area (Å²) in [4.78, 5) is 10.0. The largest absolute Gasteiger partial charge is 0.464 e. The van der Waals surface area contributed by atoms with E-state index in [0.29, 0.717) is 6.47 Å². The number of hydrogen-bond acceptors (Lipinski definition) is 3. The van der Waals surface area contributed by atoms with Gasteiger partial charge in [0, 0.05) is 12.5 Å². The minimum Gasteiger partial charge on any atom is -0.464 e. The summed E-state index contributed by atoms with van der Waals surface area (Å²) in [5, 5.41) is 8.78. The van der Waals surface area contributed by atoms with E-state index in [-0.39, 0.29) is 24.5 Å². The van der Waals surface area contributed by atoms with Crippen molar-refractivity contribution in [1.82, 2.24) is 0 Å². The highest BCUT2D eigenvalue weighted by Crippen LogP contribution is 2.14. The van der Waals surface area contributed by atoms with Gasteiger partial charge in [-0.3, -0.25) is 4.79 Å². The van der Waals surface area contributed by atoms with Gasteiger partial charge in [-0.25, -0.2) is 0 Å². The molecule has 0 saturated heterocycles. The molecule has 0 radical (unpaired) electrons. The molecule has 0 bridgehead atoms. The summed E-state index contributed by atoms with van der Waals surface area (Å²) >= 11 is 0. The Morgan fingerprint density at radius 2 is 2.00 bits per heavy atom. The van der Waals surface area contributed by atoms with Gasteiger partial charge in [-0.05, 0) is 5.92 Å². The molecule has 0 rings (SSSR count). The van der Waals surface area contributed by atoms with E-state index in [0.717, 1.165) is 0 Å². The van der Waals surface area contributed by atoms with Gasteiger partial charge in [-0.1, -0.05) is 20.8 Å². The van der Waals surface area contributed by atoms with Crippen LogP contribution in [0.1, 0.15) is 20.8 Å². The predicted octanol–water partition coefficient (Wildman–Crippen LogP) is 0.812. The summed E-state index contributed by atoms with van der Waals surface area (Å²) in [6, 6.07) is 0. The van der Waals surface area contributed by atoms with Crippen LogP contribution in [-0.2, 0) is 9.53 Å². The number of carbonyl (C=O) groups is 1. The molecule has 0 aliphatic heterocycles. The highest BCUT2D eigenvalue weighted by molar-refractivity contribution is 5.37. The van der Waals surface area contributed by atoms with Crippen LogP contribution in [0, 0.1) is 11.8 Å². The van der Waals surface area contributed by atoms with E-state index < -0.39 is 0 Å². The van der Waals surface area contributed by atoms with Crippen molar-refractivity contribution in [2.24, 2.45) is 11.8 Å². The molecule has 1 N–H and O–H groups in total. The SMILES string of the molecule is CC(C)C(OC=O)C(C)CO. The molecule has 0 amide bonds. The van der Waals surface area contributed by atoms with Gasteiger partial charge in [0.2, 0.25) is 0 Å². The Hall–Kier alpha value is -0.570. The van der Waals surface area contributed by atoms with Gasteiger partial charge in [-0.2, -0.15) is 0 Å². The maximum absolute atomic E-state index is 10.0. The molecule has 0 saturated carbocycles. The molecule has 3 nitrogen and oxygen atoms in total. The first-order valence-corrected chi connectivity index (χ1v) is 3.83. The van der Waals surface area contributed by atoms with Crippen molar-refractivity contribution in [2.75, 3.05) is 6.61 Å². The van der Waals surface area contributed by atoms with Crippen molar-refractivity contribution in [1.29, 1.82) is 0 Å². The minimum absolute atomic E-state index is 0.0141. The van der Waals surface area contributed by atoms with E-state index in [9.17, 15) is 4.79 Å². The number of aliphatic hydroxyl groups is 1. The molecule has 0 spiro atoms. The Balaban J connectivity index is 3.96. The second-order valence-electron chi connectivity index (χ2n) is 3.10. The van der Waals surface area contributed by atoms with Crippen LogP contribution in [0.4, 0.5) is 0 Å². The molecule has 2 atom stereocenters. The van der Waals surface area contributed by atoms with Gasteiger partial charge in [-0.15, -0.1) is 0 Å². The topological polar surface area (TPSA) is 46.5 Å². The van der Waals surface area contributed by atoms with Crippen molar-refractivity contribution in [2.45, 2.75) is 26.9 Å². The molecule has 0 aliphatic carbocycles. The highest BCUT2D eigenvalue weighted by atomic mass is 16.5. The molecule has 0 aromatic heterocycles. The lowest BCUT2D eigenvalue weighted by atomic mass is 9.95. The lowest BCUT2D eigenvalue weighted by Crippen LogP contribution is -2.29. The summed E-state index contributed by atoms with van der Waals surface area (Å²) in [6.45, 7) is 6.27. The second kappa shape index (κ2) is 5.13. The number of aliphatic hydroxyl groups excluding tert-OH is 1. The van der Waals surface area contributed by atoms with Crippen molar-refractivity contribution in [3.8, 4) is 0 Å². The average molecular weight is 160 g/mol. The van der Waals surface area contributed by atoms with Gasteiger partial charge < -0.3 is 9.84 Å². The normalized spacial score (nSPS) is 16.1. The molecule has 0 aliphatic rings. The highest BCUT2D eigenvalue weighted by Gasteiger charge is 2.20. The summed E-state index contributed by atoms with van der Waals surface area (Å²) in [5.41, 5.74) is 0. The van der Waals surface area contributed by atoms with E-state index in [2.05, 4.69) is 0 Å². The maximum Gasteiger partial charge on any atom is 0.293 e. The van der Waals surface area contributed by atoms with Gasteiger partial charge in [0.05, 0.1) is 0 Å². The van der Waals surface area contributed by atoms with Crippen LogP contribution in [0.15, 0.2) is 0 Å². The maximum atomic E-state index is 10.0. The van der Waals surface area contributed by atoms with Crippen LogP contribution in [0.25, 0.3) is 0 Å². The predicted molar refractivity (Wildman–Crippen MR) is 42.0 cm³/mol. The summed E-state index contributed by atoms with van der Waals surface area (Å²) in [7, 11) is 0. The lowest BCUT2D eigenvalue weighted by molar-refractivity contribution is -0.139. The lowest BCUT2D eigenvalue weighted by Gasteiger charge is -2.23. The molecule has 0 fully saturated rings. The number of rotatable bonds is 5. The van der Waals surface area contributed by atoms with Gasteiger partial charge >= 0.3 is 0 Å². The van der Waals surface area contributed by atoms with Crippen LogP contribution in [0.3, 0.4) is 0 Å². The third kappa shape index (κ3) is 3.37. The van der Waals surface area contributed by atoms with E-state index in [4.69, 9.17) is 9.84 Å². The summed E-state index contributed by atoms with van der Waals surface area (Å²) < 4.78 is 4.82. The third-order valence-electron chi connectivity index (χ3n) is 1.72. The minimum atomic E-state index is -0.169. The molecule has 0 heterocycles. The van der Waals surface area contributed by atoms with Crippen LogP contribution in [0.2, 0.25) is 0 Å². The zero-order valence-corrected chi connectivity index (χ0v) is 7.28. The summed E-state index contributed by atoms with van der Waals surface area (Å²) in [5.74, 6) is 0.266. The van der Waals surface area contributed by atoms with Crippen LogP contribution >= 0.6 is 0 Å². The van der Waals surface area contributed by atoms with Crippen LogP contribution < -0.4 is 0 Å². The Morgan fingerprint density at radius 1 is 1.45 bits per heavy atom. The second-order valence-corrected chi connectivity index (χ2v) is 3.10. The first kappa shape index (κ1) is 10.4. The van der Waals surface area contributed by atoms with E-state index in [1.807, 2.05) is 20.8 Å². The fraction of sp³-hybridized carbons (Fsp3) is 0.875. The summed E-state index contributed by atoms with van der Waals surface area (Å²) in [6.07, 6.45) is -0.169. The first-order valence-electron chi connectivity index (χ1n) is 3.83. The molecule has 3 heteroatoms. The van der Waals surface area contributed by atoms with Crippen molar-refractivity contribution < 1.29 is 14.6 Å². The Morgan fingerprint density at radius 3 is 2.27 bits per heavy atom. The van der Waals surface area contributed by atoms with Gasteiger partial charge in [0.25, 0.3) is 6.47 Å². The first-order chi connectivity index (χ1) is 5.13. The number of ether oxygens (including phenoxy) is 1. The van der Waals surface area contributed by atoms with Crippen LogP contribution in [0.5, 0.6) is 0 Å². The monoisotopic (exact) mass is 160 g/mol. The Kier molecular flexibility index (Phi) is 4.86. The Bertz CT molecular complexity index is 112. The van der Waals surface area contributed by atoms with Crippen molar-refractivity contribution in [3.05, 3.63) is 0 Å². The molecular weight excluding hydrogens is 144 g/mol. The molecule has 11 heavy (non-hydrogen) atoms. The zero-order valence-electron chi connectivity index (χ0n) is 7.28. The standard InChI is InChI=1S/C8H16O3/c1-6(2)8(11-5-10)7(3)4-9/h5-9H,4H2,1-3H3. The quantitative estimate of drug-likeness (QED) is 0.605. The smallest absolute Gasteiger partial charge is 0.293 e. The average Bonchev–Trinajstić information content (AvgIpc) is 1.98. The van der Waals surface area contributed by atoms with Gasteiger partial charge in [0.15, 0.2) is 0 Å². The number of hydrogen-bond donors (Lipinski definition) is 1. The van der Waals surface area contributed by atoms with Gasteiger partial charge in [0.1, 0.15) is 6.10 Å². The molecule has 0 aromatic carbocycles. The Labute approximate surface area is 67.4 Å².